The first kappa shape index (κ1) is 78.9. The van der Waals surface area contributed by atoms with Crippen LogP contribution in [-0.4, -0.2) is 18.0 Å². The Kier molecular flexibility index (Phi) is 27.2. The van der Waals surface area contributed by atoms with E-state index in [1.807, 2.05) is 12.1 Å². The lowest BCUT2D eigenvalue weighted by Gasteiger charge is -2.39. The Morgan fingerprint density at radius 1 is 0.352 bits per heavy atom. The highest BCUT2D eigenvalue weighted by Crippen LogP contribution is 2.59. The van der Waals surface area contributed by atoms with Gasteiger partial charge in [-0.25, -0.2) is 0 Å². The van der Waals surface area contributed by atoms with Gasteiger partial charge in [0.05, 0.1) is 6.61 Å². The lowest BCUT2D eigenvalue weighted by Crippen LogP contribution is -2.31. The number of nitrogens with zero attached hydrogens (tertiary/aromatic N) is 2. The second kappa shape index (κ2) is 37.2. The second-order valence-electron chi connectivity index (χ2n) is 32.6. The average molecular weight is 1440 g/mol. The molecule has 1 N–H and O–H groups in total. The van der Waals surface area contributed by atoms with E-state index in [4.69, 9.17) is 9.47 Å². The Hall–Kier alpha value is -8.64. The van der Waals surface area contributed by atoms with Gasteiger partial charge in [-0.05, 0) is 266 Å². The van der Waals surface area contributed by atoms with Gasteiger partial charge in [-0.15, -0.1) is 0 Å². The maximum atomic E-state index is 10.0. The maximum Gasteiger partial charge on any atom is 0.199 e. The van der Waals surface area contributed by atoms with Crippen LogP contribution in [0.3, 0.4) is 0 Å². The van der Waals surface area contributed by atoms with Crippen molar-refractivity contribution < 1.29 is 14.6 Å². The van der Waals surface area contributed by atoms with Gasteiger partial charge in [0, 0.05) is 51.4 Å². The number of aromatic hydroxyl groups is 1. The first-order chi connectivity index (χ1) is 52.6. The molecule has 13 rings (SSSR count). The third kappa shape index (κ3) is 18.1. The molecule has 10 aromatic rings. The molecule has 10 aromatic carbocycles. The summed E-state index contributed by atoms with van der Waals surface area (Å²) in [4.78, 5) is 4.61. The highest BCUT2D eigenvalue weighted by Gasteiger charge is 2.47. The predicted molar refractivity (Wildman–Crippen MR) is 462 cm³/mol. The molecule has 5 nitrogen and oxygen atoms in total. The predicted octanol–water partition coefficient (Wildman–Crippen LogP) is 30.5. The van der Waals surface area contributed by atoms with Crippen molar-refractivity contribution in [3.8, 4) is 56.0 Å². The van der Waals surface area contributed by atoms with E-state index in [1.54, 1.807) is 34.4 Å². The molecule has 566 valence electrons. The van der Waals surface area contributed by atoms with E-state index in [0.29, 0.717) is 23.7 Å². The van der Waals surface area contributed by atoms with E-state index in [-0.39, 0.29) is 22.9 Å². The first-order valence-corrected chi connectivity index (χ1v) is 42.3. The summed E-state index contributed by atoms with van der Waals surface area (Å²) in [6, 6.07) is 81.2. The minimum absolute atomic E-state index is 0.0244. The van der Waals surface area contributed by atoms with Crippen molar-refractivity contribution in [2.75, 3.05) is 16.4 Å². The van der Waals surface area contributed by atoms with Crippen LogP contribution in [0.4, 0.5) is 34.1 Å². The number of fused-ring (bicyclic) bond motifs is 6. The molecule has 0 radical (unpaired) electrons. The monoisotopic (exact) mass is 1440 g/mol. The van der Waals surface area contributed by atoms with Gasteiger partial charge in [0.15, 0.2) is 6.29 Å². The van der Waals surface area contributed by atoms with Crippen LogP contribution in [0.1, 0.15) is 248 Å². The summed E-state index contributed by atoms with van der Waals surface area (Å²) in [6.45, 7) is 28.7. The number of anilines is 6. The number of benzene rings is 10. The molecule has 0 amide bonds. The maximum absolute atomic E-state index is 10.0. The molecule has 0 saturated carbocycles. The topological polar surface area (TPSA) is 45.2 Å². The summed E-state index contributed by atoms with van der Waals surface area (Å²) in [5, 5.41) is 10.0. The molecular weight excluding hydrogens is 1310 g/mol. The zero-order valence-electron chi connectivity index (χ0n) is 67.8. The van der Waals surface area contributed by atoms with E-state index in [0.717, 1.165) is 65.7 Å². The Bertz CT molecular complexity index is 4390. The molecule has 5 heteroatoms. The number of aryl methyl sites for hydroxylation is 4. The molecule has 1 fully saturated rings. The van der Waals surface area contributed by atoms with Crippen LogP contribution in [0.5, 0.6) is 11.5 Å². The fourth-order valence-corrected chi connectivity index (χ4v) is 18.5. The number of ether oxygens (including phenoxy) is 2. The van der Waals surface area contributed by atoms with Crippen LogP contribution in [0.25, 0.3) is 44.5 Å². The van der Waals surface area contributed by atoms with E-state index in [9.17, 15) is 5.11 Å². The molecule has 5 unspecified atom stereocenters. The Morgan fingerprint density at radius 2 is 0.648 bits per heavy atom. The molecule has 2 aliphatic carbocycles. The number of phenolic OH excluding ortho intramolecular Hbond substituents is 1. The fourth-order valence-electron chi connectivity index (χ4n) is 18.5. The molecule has 1 aliphatic heterocycles. The van der Waals surface area contributed by atoms with Gasteiger partial charge in [-0.3, -0.25) is 0 Å². The minimum atomic E-state index is -0.156. The summed E-state index contributed by atoms with van der Waals surface area (Å²) in [5.74, 6) is 3.97. The van der Waals surface area contributed by atoms with Crippen molar-refractivity contribution in [2.45, 2.75) is 248 Å². The van der Waals surface area contributed by atoms with Gasteiger partial charge in [-0.1, -0.05) is 290 Å². The van der Waals surface area contributed by atoms with Crippen LogP contribution in [-0.2, 0) is 15.6 Å². The van der Waals surface area contributed by atoms with Gasteiger partial charge in [-0.2, -0.15) is 0 Å². The highest BCUT2D eigenvalue weighted by atomic mass is 16.7. The number of rotatable bonds is 34. The average Bonchev–Trinajstić information content (AvgIpc) is 1.56. The van der Waals surface area contributed by atoms with Crippen LogP contribution in [0.15, 0.2) is 218 Å². The highest BCUT2D eigenvalue weighted by molar-refractivity contribution is 5.87. The van der Waals surface area contributed by atoms with Crippen molar-refractivity contribution in [1.82, 2.24) is 0 Å². The van der Waals surface area contributed by atoms with Crippen molar-refractivity contribution in [1.29, 1.82) is 0 Å². The van der Waals surface area contributed by atoms with Crippen molar-refractivity contribution in [3.63, 3.8) is 0 Å². The molecule has 0 aromatic heterocycles. The molecule has 5 atom stereocenters. The quantitative estimate of drug-likeness (QED) is 0.0435. The van der Waals surface area contributed by atoms with Crippen molar-refractivity contribution >= 4 is 34.1 Å². The third-order valence-corrected chi connectivity index (χ3v) is 24.9. The normalized spacial score (nSPS) is 17.3. The molecule has 1 saturated heterocycles. The van der Waals surface area contributed by atoms with Gasteiger partial charge in [0.25, 0.3) is 0 Å². The van der Waals surface area contributed by atoms with Gasteiger partial charge in [0.2, 0.25) is 0 Å². The number of phenols is 1. The largest absolute Gasteiger partial charge is 0.508 e. The zero-order chi connectivity index (χ0) is 75.7. The van der Waals surface area contributed by atoms with E-state index >= 15 is 0 Å². The summed E-state index contributed by atoms with van der Waals surface area (Å²) >= 11 is 0. The lowest BCUT2D eigenvalue weighted by molar-refractivity contribution is -0.105. The van der Waals surface area contributed by atoms with Crippen LogP contribution in [0, 0.1) is 51.4 Å². The van der Waals surface area contributed by atoms with E-state index in [1.165, 1.54) is 195 Å². The molecule has 108 heavy (non-hydrogen) atoms. The smallest absolute Gasteiger partial charge is 0.199 e. The number of hydrogen-bond donors (Lipinski definition) is 1. The molecule has 1 heterocycles. The van der Waals surface area contributed by atoms with Crippen molar-refractivity contribution in [3.05, 3.63) is 263 Å². The first-order valence-electron chi connectivity index (χ1n) is 42.3. The van der Waals surface area contributed by atoms with Gasteiger partial charge >= 0.3 is 0 Å². The summed E-state index contributed by atoms with van der Waals surface area (Å²) in [6.07, 6.45) is 28.5. The Balaban J connectivity index is 0.000000203. The Labute approximate surface area is 651 Å². The summed E-state index contributed by atoms with van der Waals surface area (Å²) in [7, 11) is 0. The molecular formula is C103H126N2O3. The fraction of sp³-hybridized carbons (Fsp3) is 0.417. The van der Waals surface area contributed by atoms with Gasteiger partial charge in [0.1, 0.15) is 11.5 Å². The van der Waals surface area contributed by atoms with Crippen molar-refractivity contribution in [2.24, 2.45) is 23.7 Å². The lowest BCUT2D eigenvalue weighted by atomic mass is 9.65. The van der Waals surface area contributed by atoms with Crippen LogP contribution in [0.2, 0.25) is 0 Å². The zero-order valence-corrected chi connectivity index (χ0v) is 67.8. The summed E-state index contributed by atoms with van der Waals surface area (Å²) < 4.78 is 12.1. The van der Waals surface area contributed by atoms with E-state index in [2.05, 4.69) is 287 Å². The number of unbranched alkanes of at least 4 members (excludes halogenated alkanes) is 4. The third-order valence-electron chi connectivity index (χ3n) is 24.9. The number of hydrogen-bond acceptors (Lipinski definition) is 5. The summed E-state index contributed by atoms with van der Waals surface area (Å²) in [5.41, 5.74) is 29.1. The SMILES string of the molecule is CCCCC(CC)CC1(CC(CC)CCCC)c2cc(C)ccc2-c2ccc(-c3ccc(N(c4ccc(C)cc4)c4ccc(O)cc4)cc3)cc21.CCCCC(CC)CC1(CC(CC)CCCC)c2cc(C)ccc2-c2ccc(-c3ccc(N(c4ccc(C)cc4)c4ccc(OC5CCCCO5)cc4)cc3)cc21. The minimum Gasteiger partial charge on any atom is -0.508 e. The van der Waals surface area contributed by atoms with E-state index < -0.39 is 0 Å². The molecule has 0 bridgehead atoms. The van der Waals surface area contributed by atoms with Gasteiger partial charge < -0.3 is 24.4 Å². The molecule has 3 aliphatic rings. The van der Waals surface area contributed by atoms with Crippen LogP contribution >= 0.6 is 0 Å². The van der Waals surface area contributed by atoms with Crippen LogP contribution < -0.4 is 14.5 Å². The second-order valence-corrected chi connectivity index (χ2v) is 32.6. The molecule has 0 spiro atoms. The standard InChI is InChI=1S/C54H67NO2.C49H59NO/c1-7-11-15-41(9-3)37-54(38-42(10-4)16-12-8-2)51-35-40(6)20-32-49(51)50-33-23-44(36-52(50)54)43-21-26-46(27-22-43)55(45-24-18-39(5)19-25-45)47-28-30-48(31-29-47)57-53-17-13-14-34-56-53;1-7-11-13-37(9-3)33-49(34-38(10-4)14-12-8-2)47-31-36(6)17-29-45(47)46-30-20-40(32-48(46)49)39-18-23-42(24-19-39)50(41-21-15-35(5)16-22-41)43-25-27-44(51)28-26-43/h18-33,35-36,41-42,53H,7-17,34,37-38H2,1-6H3;15-32,37-38,51H,7-14,33-34H2,1-6H3. The Morgan fingerprint density at radius 3 is 0.972 bits per heavy atom.